The smallest absolute Gasteiger partial charge is 0.243 e. The van der Waals surface area contributed by atoms with Crippen LogP contribution < -0.4 is 14.8 Å². The van der Waals surface area contributed by atoms with Gasteiger partial charge in [-0.15, -0.1) is 0 Å². The average Bonchev–Trinajstić information content (AvgIpc) is 2.93. The summed E-state index contributed by atoms with van der Waals surface area (Å²) in [5.41, 5.74) is 0.911. The molecule has 1 aliphatic heterocycles. The molecular weight excluding hydrogens is 328 g/mol. The lowest BCUT2D eigenvalue weighted by Gasteiger charge is -2.19. The van der Waals surface area contributed by atoms with Gasteiger partial charge in [0.1, 0.15) is 0 Å². The lowest BCUT2D eigenvalue weighted by molar-refractivity contribution is -0.116. The molecule has 1 heterocycles. The number of hydrogen-bond acceptors (Lipinski definition) is 4. The Labute approximate surface area is 157 Å². The summed E-state index contributed by atoms with van der Waals surface area (Å²) in [6, 6.07) is 5.64. The van der Waals surface area contributed by atoms with Crippen molar-refractivity contribution in [3.05, 3.63) is 29.8 Å². The average molecular weight is 360 g/mol. The molecule has 0 spiro atoms. The van der Waals surface area contributed by atoms with Gasteiger partial charge >= 0.3 is 0 Å². The second-order valence-corrected chi connectivity index (χ2v) is 6.58. The van der Waals surface area contributed by atoms with Crippen LogP contribution in [-0.4, -0.2) is 50.7 Å². The maximum atomic E-state index is 12.0. The number of ether oxygens (including phenoxy) is 2. The predicted molar refractivity (Wildman–Crippen MR) is 106 cm³/mol. The van der Waals surface area contributed by atoms with E-state index < -0.39 is 0 Å². The van der Waals surface area contributed by atoms with E-state index in [4.69, 9.17) is 9.47 Å². The van der Waals surface area contributed by atoms with E-state index >= 15 is 0 Å². The zero-order valence-electron chi connectivity index (χ0n) is 16.1. The van der Waals surface area contributed by atoms with Crippen LogP contribution in [-0.2, 0) is 4.79 Å². The van der Waals surface area contributed by atoms with Crippen molar-refractivity contribution in [3.8, 4) is 11.5 Å². The molecule has 1 fully saturated rings. The molecule has 1 N–H and O–H groups in total. The van der Waals surface area contributed by atoms with Gasteiger partial charge in [0.25, 0.3) is 0 Å². The summed E-state index contributed by atoms with van der Waals surface area (Å²) in [5.74, 6) is 1.33. The van der Waals surface area contributed by atoms with Crippen LogP contribution in [0.2, 0.25) is 0 Å². The number of methoxy groups -OCH3 is 1. The largest absolute Gasteiger partial charge is 0.493 e. The number of amides is 1. The van der Waals surface area contributed by atoms with E-state index in [-0.39, 0.29) is 5.91 Å². The van der Waals surface area contributed by atoms with E-state index in [1.54, 1.807) is 19.3 Å². The van der Waals surface area contributed by atoms with Crippen molar-refractivity contribution in [1.29, 1.82) is 0 Å². The van der Waals surface area contributed by atoms with Crippen molar-refractivity contribution in [1.82, 2.24) is 10.2 Å². The molecule has 5 heteroatoms. The van der Waals surface area contributed by atoms with E-state index in [1.807, 2.05) is 25.1 Å². The lowest BCUT2D eigenvalue weighted by Crippen LogP contribution is -2.30. The molecule has 5 nitrogen and oxygen atoms in total. The third-order valence-electron chi connectivity index (χ3n) is 4.56. The molecule has 1 amide bonds. The second-order valence-electron chi connectivity index (χ2n) is 6.58. The first kappa shape index (κ1) is 20.3. The van der Waals surface area contributed by atoms with Crippen molar-refractivity contribution in [2.75, 3.05) is 39.9 Å². The van der Waals surface area contributed by atoms with Crippen molar-refractivity contribution in [3.63, 3.8) is 0 Å². The third kappa shape index (κ3) is 7.08. The predicted octanol–water partition coefficient (Wildman–Crippen LogP) is 3.49. The SMILES string of the molecule is CCOc1cc(/C=C/C(=O)NCCCN2CCCCCC2)ccc1OC. The monoisotopic (exact) mass is 360 g/mol. The maximum Gasteiger partial charge on any atom is 0.243 e. The molecular formula is C21H32N2O3. The first-order valence-corrected chi connectivity index (χ1v) is 9.72. The number of benzene rings is 1. The van der Waals surface area contributed by atoms with E-state index in [2.05, 4.69) is 10.2 Å². The number of hydrogen-bond donors (Lipinski definition) is 1. The van der Waals surface area contributed by atoms with E-state index in [9.17, 15) is 4.79 Å². The van der Waals surface area contributed by atoms with Gasteiger partial charge in [0.2, 0.25) is 5.91 Å². The fourth-order valence-corrected chi connectivity index (χ4v) is 3.17. The number of nitrogens with zero attached hydrogens (tertiary/aromatic N) is 1. The number of nitrogens with one attached hydrogen (secondary N) is 1. The van der Waals surface area contributed by atoms with Crippen molar-refractivity contribution in [2.24, 2.45) is 0 Å². The van der Waals surface area contributed by atoms with Crippen molar-refractivity contribution >= 4 is 12.0 Å². The van der Waals surface area contributed by atoms with Gasteiger partial charge in [0, 0.05) is 12.6 Å². The zero-order valence-corrected chi connectivity index (χ0v) is 16.1. The Morgan fingerprint density at radius 2 is 1.96 bits per heavy atom. The Morgan fingerprint density at radius 3 is 2.65 bits per heavy atom. The fourth-order valence-electron chi connectivity index (χ4n) is 3.17. The van der Waals surface area contributed by atoms with Gasteiger partial charge in [0.15, 0.2) is 11.5 Å². The van der Waals surface area contributed by atoms with Gasteiger partial charge in [-0.2, -0.15) is 0 Å². The van der Waals surface area contributed by atoms with Gasteiger partial charge in [-0.3, -0.25) is 4.79 Å². The summed E-state index contributed by atoms with van der Waals surface area (Å²) in [4.78, 5) is 14.5. The highest BCUT2D eigenvalue weighted by Crippen LogP contribution is 2.28. The van der Waals surface area contributed by atoms with Crippen LogP contribution in [0.4, 0.5) is 0 Å². The second kappa shape index (κ2) is 11.6. The third-order valence-corrected chi connectivity index (χ3v) is 4.56. The molecule has 0 aromatic heterocycles. The number of carbonyl (C=O) groups is 1. The molecule has 0 saturated carbocycles. The van der Waals surface area contributed by atoms with Gasteiger partial charge in [-0.25, -0.2) is 0 Å². The molecule has 1 aromatic rings. The molecule has 1 aliphatic rings. The Balaban J connectivity index is 1.73. The summed E-state index contributed by atoms with van der Waals surface area (Å²) in [6.07, 6.45) is 9.69. The maximum absolute atomic E-state index is 12.0. The number of rotatable bonds is 9. The van der Waals surface area contributed by atoms with Crippen LogP contribution >= 0.6 is 0 Å². The van der Waals surface area contributed by atoms with Crippen LogP contribution in [0, 0.1) is 0 Å². The highest BCUT2D eigenvalue weighted by Gasteiger charge is 2.08. The van der Waals surface area contributed by atoms with Gasteiger partial charge in [0.05, 0.1) is 13.7 Å². The van der Waals surface area contributed by atoms with Crippen LogP contribution in [0.15, 0.2) is 24.3 Å². The summed E-state index contributed by atoms with van der Waals surface area (Å²) in [5, 5.41) is 2.96. The molecule has 1 aromatic carbocycles. The Morgan fingerprint density at radius 1 is 1.19 bits per heavy atom. The molecule has 0 atom stereocenters. The number of carbonyl (C=O) groups excluding carboxylic acids is 1. The van der Waals surface area contributed by atoms with E-state index in [0.29, 0.717) is 24.7 Å². The number of likely N-dealkylation sites (tertiary alicyclic amines) is 1. The minimum Gasteiger partial charge on any atom is -0.493 e. The van der Waals surface area contributed by atoms with E-state index in [0.717, 1.165) is 18.5 Å². The molecule has 0 bridgehead atoms. The molecule has 144 valence electrons. The van der Waals surface area contributed by atoms with Gasteiger partial charge in [-0.1, -0.05) is 18.9 Å². The Bertz CT molecular complexity index is 579. The first-order valence-electron chi connectivity index (χ1n) is 9.72. The summed E-state index contributed by atoms with van der Waals surface area (Å²) >= 11 is 0. The van der Waals surface area contributed by atoms with Crippen molar-refractivity contribution in [2.45, 2.75) is 39.0 Å². The molecule has 0 aliphatic carbocycles. The normalized spacial score (nSPS) is 15.6. The zero-order chi connectivity index (χ0) is 18.6. The Hall–Kier alpha value is -2.01. The highest BCUT2D eigenvalue weighted by molar-refractivity contribution is 5.91. The lowest BCUT2D eigenvalue weighted by atomic mass is 10.2. The summed E-state index contributed by atoms with van der Waals surface area (Å²) < 4.78 is 10.8. The standard InChI is InChI=1S/C21H32N2O3/c1-3-26-20-17-18(9-11-19(20)25-2)10-12-21(24)22-13-8-16-23-14-6-4-5-7-15-23/h9-12,17H,3-8,13-16H2,1-2H3,(H,22,24)/b12-10+. The molecule has 2 rings (SSSR count). The molecule has 0 unspecified atom stereocenters. The van der Waals surface area contributed by atoms with Crippen LogP contribution in [0.3, 0.4) is 0 Å². The summed E-state index contributed by atoms with van der Waals surface area (Å²) in [6.45, 7) is 6.69. The van der Waals surface area contributed by atoms with Crippen LogP contribution in [0.25, 0.3) is 6.08 Å². The topological polar surface area (TPSA) is 50.8 Å². The van der Waals surface area contributed by atoms with Gasteiger partial charge < -0.3 is 19.7 Å². The van der Waals surface area contributed by atoms with E-state index in [1.165, 1.54) is 38.8 Å². The molecule has 1 saturated heterocycles. The molecule has 0 radical (unpaired) electrons. The molecule has 26 heavy (non-hydrogen) atoms. The fraction of sp³-hybridized carbons (Fsp3) is 0.571. The minimum atomic E-state index is -0.0605. The van der Waals surface area contributed by atoms with Crippen molar-refractivity contribution < 1.29 is 14.3 Å². The first-order chi connectivity index (χ1) is 12.7. The highest BCUT2D eigenvalue weighted by atomic mass is 16.5. The van der Waals surface area contributed by atoms with Gasteiger partial charge in [-0.05, 0) is 69.6 Å². The summed E-state index contributed by atoms with van der Waals surface area (Å²) in [7, 11) is 1.62. The van der Waals surface area contributed by atoms with Crippen LogP contribution in [0.5, 0.6) is 11.5 Å². The quantitative estimate of drug-likeness (QED) is 0.541. The Kier molecular flexibility index (Phi) is 9.04. The van der Waals surface area contributed by atoms with Crippen LogP contribution in [0.1, 0.15) is 44.6 Å². The minimum absolute atomic E-state index is 0.0605.